The van der Waals surface area contributed by atoms with Crippen LogP contribution in [0.1, 0.15) is 41.7 Å². The summed E-state index contributed by atoms with van der Waals surface area (Å²) in [6.07, 6.45) is 1.99. The second-order valence-electron chi connectivity index (χ2n) is 6.18. The number of carboxylic acids is 1. The van der Waals surface area contributed by atoms with Gasteiger partial charge in [-0.1, -0.05) is 30.3 Å². The van der Waals surface area contributed by atoms with E-state index in [0.29, 0.717) is 5.69 Å². The van der Waals surface area contributed by atoms with Gasteiger partial charge in [0.05, 0.1) is 10.5 Å². The van der Waals surface area contributed by atoms with Crippen LogP contribution in [0.3, 0.4) is 0 Å². The van der Waals surface area contributed by atoms with Crippen LogP contribution < -0.4 is 10.0 Å². The minimum absolute atomic E-state index is 0.0397. The van der Waals surface area contributed by atoms with E-state index in [4.69, 9.17) is 0 Å². The monoisotopic (exact) mass is 360 g/mol. The summed E-state index contributed by atoms with van der Waals surface area (Å²) in [5, 5.41) is 12.5. The fourth-order valence-corrected chi connectivity index (χ4v) is 3.81. The summed E-state index contributed by atoms with van der Waals surface area (Å²) in [5.74, 6) is -1.16. The topological polar surface area (TPSA) is 95.5 Å². The number of sulfonamides is 1. The number of benzene rings is 2. The van der Waals surface area contributed by atoms with Crippen LogP contribution in [0.25, 0.3) is 0 Å². The zero-order valence-electron chi connectivity index (χ0n) is 13.8. The Kier molecular flexibility index (Phi) is 4.78. The molecular weight excluding hydrogens is 340 g/mol. The number of nitrogens with one attached hydrogen (secondary N) is 2. The molecule has 6 nitrogen and oxygen atoms in total. The molecule has 0 radical (unpaired) electrons. The van der Waals surface area contributed by atoms with Gasteiger partial charge in [-0.2, -0.15) is 0 Å². The molecule has 0 spiro atoms. The van der Waals surface area contributed by atoms with Gasteiger partial charge in [0.2, 0.25) is 10.0 Å². The first-order chi connectivity index (χ1) is 11.9. The van der Waals surface area contributed by atoms with Crippen molar-refractivity contribution in [3.05, 3.63) is 59.7 Å². The van der Waals surface area contributed by atoms with Crippen molar-refractivity contribution in [3.8, 4) is 0 Å². The molecule has 1 saturated carbocycles. The fourth-order valence-electron chi connectivity index (χ4n) is 2.55. The Morgan fingerprint density at radius 1 is 1.16 bits per heavy atom. The number of hydrogen-bond donors (Lipinski definition) is 3. The lowest BCUT2D eigenvalue weighted by Gasteiger charge is -2.16. The van der Waals surface area contributed by atoms with Crippen molar-refractivity contribution in [2.24, 2.45) is 0 Å². The third-order valence-electron chi connectivity index (χ3n) is 4.10. The highest BCUT2D eigenvalue weighted by Crippen LogP contribution is 2.28. The van der Waals surface area contributed by atoms with Crippen LogP contribution in [0.5, 0.6) is 0 Å². The van der Waals surface area contributed by atoms with Crippen molar-refractivity contribution in [1.29, 1.82) is 0 Å². The second kappa shape index (κ2) is 6.85. The zero-order chi connectivity index (χ0) is 18.0. The Morgan fingerprint density at radius 3 is 2.44 bits per heavy atom. The molecule has 0 unspecified atom stereocenters. The van der Waals surface area contributed by atoms with Crippen LogP contribution in [0.4, 0.5) is 5.69 Å². The molecule has 3 rings (SSSR count). The van der Waals surface area contributed by atoms with E-state index < -0.39 is 22.0 Å². The summed E-state index contributed by atoms with van der Waals surface area (Å²) >= 11 is 0. The summed E-state index contributed by atoms with van der Waals surface area (Å²) < 4.78 is 27.8. The molecule has 1 aliphatic rings. The predicted octanol–water partition coefficient (Wildman–Crippen LogP) is 3.00. The fraction of sp³-hybridized carbons (Fsp3) is 0.278. The lowest BCUT2D eigenvalue weighted by Crippen LogP contribution is -2.27. The maximum atomic E-state index is 12.6. The molecule has 7 heteroatoms. The van der Waals surface area contributed by atoms with Crippen molar-refractivity contribution in [2.75, 3.05) is 5.32 Å². The minimum atomic E-state index is -3.83. The van der Waals surface area contributed by atoms with E-state index in [9.17, 15) is 18.3 Å². The number of carboxylic acid groups (broad SMARTS) is 1. The smallest absolute Gasteiger partial charge is 0.337 e. The molecule has 0 heterocycles. The van der Waals surface area contributed by atoms with Gasteiger partial charge >= 0.3 is 5.97 Å². The molecular formula is C18H20N2O4S. The van der Waals surface area contributed by atoms with Gasteiger partial charge in [-0.25, -0.2) is 17.9 Å². The zero-order valence-corrected chi connectivity index (χ0v) is 14.6. The third kappa shape index (κ3) is 4.18. The normalized spacial score (nSPS) is 15.6. The molecule has 25 heavy (non-hydrogen) atoms. The summed E-state index contributed by atoms with van der Waals surface area (Å²) in [5.41, 5.74) is 1.24. The quantitative estimate of drug-likeness (QED) is 0.705. The average Bonchev–Trinajstić information content (AvgIpc) is 3.39. The van der Waals surface area contributed by atoms with Gasteiger partial charge < -0.3 is 10.4 Å². The number of anilines is 1. The Labute approximate surface area is 146 Å². The van der Waals surface area contributed by atoms with E-state index in [1.54, 1.807) is 6.92 Å². The molecule has 0 amide bonds. The Bertz CT molecular complexity index is 877. The molecule has 2 aromatic rings. The van der Waals surface area contributed by atoms with Gasteiger partial charge in [-0.05, 0) is 43.5 Å². The first-order valence-corrected chi connectivity index (χ1v) is 9.56. The summed E-state index contributed by atoms with van der Waals surface area (Å²) in [4.78, 5) is 11.4. The van der Waals surface area contributed by atoms with Crippen LogP contribution in [0.2, 0.25) is 0 Å². The lowest BCUT2D eigenvalue weighted by molar-refractivity contribution is 0.0697. The van der Waals surface area contributed by atoms with Crippen LogP contribution in [-0.2, 0) is 10.0 Å². The highest BCUT2D eigenvalue weighted by molar-refractivity contribution is 7.89. The van der Waals surface area contributed by atoms with Crippen molar-refractivity contribution in [1.82, 2.24) is 4.72 Å². The van der Waals surface area contributed by atoms with E-state index in [-0.39, 0.29) is 16.5 Å². The van der Waals surface area contributed by atoms with Crippen LogP contribution in [-0.4, -0.2) is 25.5 Å². The number of carbonyl (C=O) groups is 1. The van der Waals surface area contributed by atoms with Gasteiger partial charge in [-0.3, -0.25) is 0 Å². The molecule has 1 fully saturated rings. The molecule has 0 aromatic heterocycles. The number of hydrogen-bond acceptors (Lipinski definition) is 4. The average molecular weight is 360 g/mol. The molecule has 0 saturated heterocycles. The van der Waals surface area contributed by atoms with E-state index in [1.165, 1.54) is 18.2 Å². The highest BCUT2D eigenvalue weighted by Gasteiger charge is 2.25. The maximum absolute atomic E-state index is 12.6. The SMILES string of the molecule is C[C@@H](NS(=O)(=O)c1ccc(NC2CC2)c(C(=O)O)c1)c1ccccc1. The summed E-state index contributed by atoms with van der Waals surface area (Å²) in [7, 11) is -3.83. The molecule has 2 aromatic carbocycles. The Morgan fingerprint density at radius 2 is 1.84 bits per heavy atom. The van der Waals surface area contributed by atoms with Gasteiger partial charge in [0.25, 0.3) is 0 Å². The standard InChI is InChI=1S/C18H20N2O4S/c1-12(13-5-3-2-4-6-13)20-25(23,24)15-9-10-17(19-14-7-8-14)16(11-15)18(21)22/h2-6,9-12,14,19-20H,7-8H2,1H3,(H,21,22)/t12-/m1/s1. The van der Waals surface area contributed by atoms with E-state index in [0.717, 1.165) is 18.4 Å². The van der Waals surface area contributed by atoms with Crippen LogP contribution in [0.15, 0.2) is 53.4 Å². The van der Waals surface area contributed by atoms with Crippen LogP contribution >= 0.6 is 0 Å². The molecule has 3 N–H and O–H groups in total. The Hall–Kier alpha value is -2.38. The van der Waals surface area contributed by atoms with Gasteiger partial charge in [0.15, 0.2) is 0 Å². The molecule has 0 bridgehead atoms. The van der Waals surface area contributed by atoms with E-state index in [2.05, 4.69) is 10.0 Å². The van der Waals surface area contributed by atoms with E-state index in [1.807, 2.05) is 30.3 Å². The molecule has 1 atom stereocenters. The van der Waals surface area contributed by atoms with Crippen molar-refractivity contribution in [2.45, 2.75) is 36.7 Å². The first kappa shape index (κ1) is 17.4. The molecule has 132 valence electrons. The number of aromatic carboxylic acids is 1. The number of rotatable bonds is 7. The van der Waals surface area contributed by atoms with Crippen molar-refractivity contribution < 1.29 is 18.3 Å². The van der Waals surface area contributed by atoms with Gasteiger partial charge in [0, 0.05) is 17.8 Å². The van der Waals surface area contributed by atoms with Crippen molar-refractivity contribution >= 4 is 21.7 Å². The lowest BCUT2D eigenvalue weighted by atomic mass is 10.1. The summed E-state index contributed by atoms with van der Waals surface area (Å²) in [6.45, 7) is 1.74. The largest absolute Gasteiger partial charge is 0.478 e. The molecule has 1 aliphatic carbocycles. The van der Waals surface area contributed by atoms with Gasteiger partial charge in [0.1, 0.15) is 0 Å². The Balaban J connectivity index is 1.86. The van der Waals surface area contributed by atoms with Gasteiger partial charge in [-0.15, -0.1) is 0 Å². The second-order valence-corrected chi connectivity index (χ2v) is 7.90. The van der Waals surface area contributed by atoms with Crippen LogP contribution in [0, 0.1) is 0 Å². The highest BCUT2D eigenvalue weighted by atomic mass is 32.2. The molecule has 0 aliphatic heterocycles. The van der Waals surface area contributed by atoms with Crippen molar-refractivity contribution in [3.63, 3.8) is 0 Å². The summed E-state index contributed by atoms with van der Waals surface area (Å²) in [6, 6.07) is 13.2. The predicted molar refractivity (Wildman–Crippen MR) is 95.2 cm³/mol. The first-order valence-electron chi connectivity index (χ1n) is 8.08. The minimum Gasteiger partial charge on any atom is -0.478 e. The maximum Gasteiger partial charge on any atom is 0.337 e. The van der Waals surface area contributed by atoms with E-state index >= 15 is 0 Å². The third-order valence-corrected chi connectivity index (χ3v) is 5.64.